The van der Waals surface area contributed by atoms with Crippen LogP contribution in [0.3, 0.4) is 0 Å². The van der Waals surface area contributed by atoms with Crippen LogP contribution in [0.15, 0.2) is 34.9 Å². The number of aromatic nitrogens is 1. The fourth-order valence-corrected chi connectivity index (χ4v) is 2.25. The van der Waals surface area contributed by atoms with Crippen LogP contribution in [0.25, 0.3) is 0 Å². The predicted octanol–water partition coefficient (Wildman–Crippen LogP) is 3.11. The lowest BCUT2D eigenvalue weighted by Gasteiger charge is -2.26. The number of ether oxygens (including phenoxy) is 1. The Labute approximate surface area is 120 Å². The molecule has 0 radical (unpaired) electrons. The van der Waals surface area contributed by atoms with Crippen LogP contribution in [0.4, 0.5) is 0 Å². The first kappa shape index (κ1) is 14.8. The monoisotopic (exact) mass is 274 g/mol. The molecule has 108 valence electrons. The molecule has 2 aromatic heterocycles. The first-order valence-corrected chi connectivity index (χ1v) is 6.78. The summed E-state index contributed by atoms with van der Waals surface area (Å²) in [5.41, 5.74) is 2.20. The standard InChI is InChI=1S/C16H22N2O2/c1-12-9-14(20-13(12)2)10-18(3)16(11-19-4)15-7-5-6-8-17-15/h5-9,16H,10-11H2,1-4H3/t16-/m0/s1. The molecule has 0 saturated heterocycles. The SMILES string of the molecule is COC[C@@H](c1ccccn1)N(C)Cc1cc(C)c(C)o1. The molecule has 2 heterocycles. The normalized spacial score (nSPS) is 12.8. The minimum Gasteiger partial charge on any atom is -0.465 e. The predicted molar refractivity (Wildman–Crippen MR) is 78.5 cm³/mol. The molecule has 0 spiro atoms. The van der Waals surface area contributed by atoms with Crippen molar-refractivity contribution in [1.29, 1.82) is 0 Å². The molecule has 0 aromatic carbocycles. The van der Waals surface area contributed by atoms with Gasteiger partial charge in [-0.1, -0.05) is 6.07 Å². The number of hydrogen-bond acceptors (Lipinski definition) is 4. The summed E-state index contributed by atoms with van der Waals surface area (Å²) in [6, 6.07) is 8.16. The minimum atomic E-state index is 0.118. The molecule has 2 rings (SSSR count). The average Bonchev–Trinajstić information content (AvgIpc) is 2.75. The lowest BCUT2D eigenvalue weighted by Crippen LogP contribution is -2.28. The summed E-state index contributed by atoms with van der Waals surface area (Å²) in [5.74, 6) is 1.95. The van der Waals surface area contributed by atoms with Gasteiger partial charge in [0, 0.05) is 13.3 Å². The van der Waals surface area contributed by atoms with E-state index < -0.39 is 0 Å². The highest BCUT2D eigenvalue weighted by Crippen LogP contribution is 2.21. The van der Waals surface area contributed by atoms with E-state index in [2.05, 4.69) is 29.9 Å². The number of hydrogen-bond donors (Lipinski definition) is 0. The zero-order valence-electron chi connectivity index (χ0n) is 12.6. The van der Waals surface area contributed by atoms with Crippen molar-refractivity contribution in [3.63, 3.8) is 0 Å². The molecule has 0 fully saturated rings. The van der Waals surface area contributed by atoms with Gasteiger partial charge in [-0.15, -0.1) is 0 Å². The van der Waals surface area contributed by atoms with Crippen molar-refractivity contribution in [2.24, 2.45) is 0 Å². The van der Waals surface area contributed by atoms with Gasteiger partial charge in [-0.05, 0) is 44.7 Å². The number of pyridine rings is 1. The van der Waals surface area contributed by atoms with Gasteiger partial charge in [0.15, 0.2) is 0 Å². The van der Waals surface area contributed by atoms with Crippen molar-refractivity contribution in [3.8, 4) is 0 Å². The Kier molecular flexibility index (Phi) is 4.93. The van der Waals surface area contributed by atoms with Gasteiger partial charge in [-0.2, -0.15) is 0 Å². The zero-order valence-corrected chi connectivity index (χ0v) is 12.6. The van der Waals surface area contributed by atoms with Gasteiger partial charge in [-0.25, -0.2) is 0 Å². The number of methoxy groups -OCH3 is 1. The molecular weight excluding hydrogens is 252 g/mol. The van der Waals surface area contributed by atoms with Crippen LogP contribution in [0.1, 0.15) is 28.8 Å². The van der Waals surface area contributed by atoms with Crippen molar-refractivity contribution in [2.45, 2.75) is 26.4 Å². The summed E-state index contributed by atoms with van der Waals surface area (Å²) in [6.07, 6.45) is 1.81. The van der Waals surface area contributed by atoms with Crippen molar-refractivity contribution >= 4 is 0 Å². The number of likely N-dealkylation sites (N-methyl/N-ethyl adjacent to an activating group) is 1. The average molecular weight is 274 g/mol. The fourth-order valence-electron chi connectivity index (χ4n) is 2.25. The number of nitrogens with zero attached hydrogens (tertiary/aromatic N) is 2. The Morgan fingerprint density at radius 2 is 2.15 bits per heavy atom. The first-order chi connectivity index (χ1) is 9.61. The molecule has 0 aliphatic carbocycles. The molecule has 0 N–H and O–H groups in total. The second-order valence-electron chi connectivity index (χ2n) is 5.09. The van der Waals surface area contributed by atoms with Crippen LogP contribution in [0, 0.1) is 13.8 Å². The summed E-state index contributed by atoms with van der Waals surface area (Å²) >= 11 is 0. The van der Waals surface area contributed by atoms with Gasteiger partial charge in [0.1, 0.15) is 11.5 Å². The maximum Gasteiger partial charge on any atom is 0.118 e. The minimum absolute atomic E-state index is 0.118. The van der Waals surface area contributed by atoms with E-state index in [1.54, 1.807) is 7.11 Å². The summed E-state index contributed by atoms with van der Waals surface area (Å²) in [7, 11) is 3.77. The highest BCUT2D eigenvalue weighted by atomic mass is 16.5. The smallest absolute Gasteiger partial charge is 0.118 e. The summed E-state index contributed by atoms with van der Waals surface area (Å²) in [6.45, 7) is 5.39. The third-order valence-corrected chi connectivity index (χ3v) is 3.51. The Balaban J connectivity index is 2.13. The van der Waals surface area contributed by atoms with E-state index in [1.165, 1.54) is 5.56 Å². The quantitative estimate of drug-likeness (QED) is 0.811. The van der Waals surface area contributed by atoms with E-state index in [-0.39, 0.29) is 6.04 Å². The molecule has 4 heteroatoms. The Hall–Kier alpha value is -1.65. The molecule has 2 aromatic rings. The van der Waals surface area contributed by atoms with Crippen molar-refractivity contribution in [3.05, 3.63) is 53.2 Å². The highest BCUT2D eigenvalue weighted by molar-refractivity contribution is 5.19. The maximum atomic E-state index is 5.75. The van der Waals surface area contributed by atoms with Crippen molar-refractivity contribution in [1.82, 2.24) is 9.88 Å². The first-order valence-electron chi connectivity index (χ1n) is 6.78. The second kappa shape index (κ2) is 6.68. The molecule has 0 aliphatic rings. The zero-order chi connectivity index (χ0) is 14.5. The number of rotatable bonds is 6. The summed E-state index contributed by atoms with van der Waals surface area (Å²) < 4.78 is 11.1. The molecule has 0 saturated carbocycles. The van der Waals surface area contributed by atoms with Gasteiger partial charge >= 0.3 is 0 Å². The largest absolute Gasteiger partial charge is 0.465 e. The lowest BCUT2D eigenvalue weighted by atomic mass is 10.1. The van der Waals surface area contributed by atoms with E-state index in [0.717, 1.165) is 23.8 Å². The second-order valence-corrected chi connectivity index (χ2v) is 5.09. The van der Waals surface area contributed by atoms with E-state index in [9.17, 15) is 0 Å². The summed E-state index contributed by atoms with van der Waals surface area (Å²) in [5, 5.41) is 0. The van der Waals surface area contributed by atoms with Crippen LogP contribution in [0.2, 0.25) is 0 Å². The summed E-state index contributed by atoms with van der Waals surface area (Å²) in [4.78, 5) is 6.63. The maximum absolute atomic E-state index is 5.75. The topological polar surface area (TPSA) is 38.5 Å². The van der Waals surface area contributed by atoms with E-state index >= 15 is 0 Å². The van der Waals surface area contributed by atoms with E-state index in [1.807, 2.05) is 31.3 Å². The highest BCUT2D eigenvalue weighted by Gasteiger charge is 2.19. The molecule has 0 unspecified atom stereocenters. The van der Waals surface area contributed by atoms with Crippen LogP contribution in [-0.4, -0.2) is 30.6 Å². The fraction of sp³-hybridized carbons (Fsp3) is 0.438. The van der Waals surface area contributed by atoms with Gasteiger partial charge in [0.05, 0.1) is 24.9 Å². The van der Waals surface area contributed by atoms with Crippen LogP contribution in [-0.2, 0) is 11.3 Å². The van der Waals surface area contributed by atoms with Crippen LogP contribution < -0.4 is 0 Å². The lowest BCUT2D eigenvalue weighted by molar-refractivity contribution is 0.0957. The molecule has 0 aliphatic heterocycles. The molecule has 0 bridgehead atoms. The third-order valence-electron chi connectivity index (χ3n) is 3.51. The Bertz CT molecular complexity index is 517. The Morgan fingerprint density at radius 3 is 2.70 bits per heavy atom. The van der Waals surface area contributed by atoms with Crippen LogP contribution >= 0.6 is 0 Å². The van der Waals surface area contributed by atoms with Crippen LogP contribution in [0.5, 0.6) is 0 Å². The molecular formula is C16H22N2O2. The van der Waals surface area contributed by atoms with Crippen molar-refractivity contribution in [2.75, 3.05) is 20.8 Å². The van der Waals surface area contributed by atoms with E-state index in [0.29, 0.717) is 6.61 Å². The van der Waals surface area contributed by atoms with Gasteiger partial charge in [0.25, 0.3) is 0 Å². The molecule has 0 amide bonds. The van der Waals surface area contributed by atoms with Gasteiger partial charge in [0.2, 0.25) is 0 Å². The Morgan fingerprint density at radius 1 is 1.35 bits per heavy atom. The number of aryl methyl sites for hydroxylation is 2. The van der Waals surface area contributed by atoms with E-state index in [4.69, 9.17) is 9.15 Å². The van der Waals surface area contributed by atoms with Gasteiger partial charge in [-0.3, -0.25) is 9.88 Å². The number of furan rings is 1. The van der Waals surface area contributed by atoms with Gasteiger partial charge < -0.3 is 9.15 Å². The van der Waals surface area contributed by atoms with Crippen molar-refractivity contribution < 1.29 is 9.15 Å². The molecule has 20 heavy (non-hydrogen) atoms. The molecule has 1 atom stereocenters. The molecule has 4 nitrogen and oxygen atoms in total. The third kappa shape index (κ3) is 3.46.